The zero-order chi connectivity index (χ0) is 24.2. The Bertz CT molecular complexity index is 1450. The van der Waals surface area contributed by atoms with Gasteiger partial charge in [0.2, 0.25) is 5.91 Å². The van der Waals surface area contributed by atoms with Crippen molar-refractivity contribution in [2.24, 2.45) is 5.41 Å². The molecular weight excluding hydrogens is 446 g/mol. The van der Waals surface area contributed by atoms with Crippen LogP contribution in [0.5, 0.6) is 5.75 Å². The lowest BCUT2D eigenvalue weighted by Gasteiger charge is -2.36. The molecule has 4 heterocycles. The molecule has 0 atom stereocenters. The maximum atomic E-state index is 13.2. The molecule has 1 spiro atoms. The topological polar surface area (TPSA) is 107 Å². The fourth-order valence-corrected chi connectivity index (χ4v) is 5.63. The minimum atomic E-state index is -0.299. The van der Waals surface area contributed by atoms with Crippen molar-refractivity contribution in [2.45, 2.75) is 38.1 Å². The lowest BCUT2D eigenvalue weighted by atomic mass is 9.72. The number of nitrogens with zero attached hydrogens (tertiary/aromatic N) is 6. The van der Waals surface area contributed by atoms with E-state index in [0.717, 1.165) is 43.1 Å². The molecule has 0 radical (unpaired) electrons. The average Bonchev–Trinajstić information content (AvgIpc) is 3.54. The van der Waals surface area contributed by atoms with Crippen molar-refractivity contribution in [1.29, 1.82) is 0 Å². The number of nitrogens with one attached hydrogen (secondary N) is 1. The number of fused-ring (bicyclic) bond motifs is 2. The summed E-state index contributed by atoms with van der Waals surface area (Å²) in [5.41, 5.74) is 2.42. The van der Waals surface area contributed by atoms with E-state index in [9.17, 15) is 9.59 Å². The first-order valence-corrected chi connectivity index (χ1v) is 11.9. The van der Waals surface area contributed by atoms with Gasteiger partial charge in [0.1, 0.15) is 11.4 Å². The van der Waals surface area contributed by atoms with Crippen LogP contribution in [0.4, 0.5) is 5.69 Å². The molecule has 10 nitrogen and oxygen atoms in total. The molecule has 0 unspecified atom stereocenters. The minimum absolute atomic E-state index is 0.121. The Labute approximate surface area is 201 Å². The Morgan fingerprint density at radius 2 is 2.09 bits per heavy atom. The third-order valence-corrected chi connectivity index (χ3v) is 7.53. The van der Waals surface area contributed by atoms with E-state index in [1.54, 1.807) is 36.3 Å². The molecule has 1 aliphatic heterocycles. The van der Waals surface area contributed by atoms with Gasteiger partial charge < -0.3 is 15.0 Å². The summed E-state index contributed by atoms with van der Waals surface area (Å²) in [7, 11) is 3.45. The summed E-state index contributed by atoms with van der Waals surface area (Å²) in [5.74, 6) is 0.414. The number of hydrogen-bond donors (Lipinski definition) is 1. The number of carbonyl (C=O) groups is 2. The second kappa shape index (κ2) is 8.07. The van der Waals surface area contributed by atoms with Gasteiger partial charge in [-0.25, -0.2) is 9.50 Å². The molecule has 2 amide bonds. The van der Waals surface area contributed by atoms with E-state index in [0.29, 0.717) is 29.1 Å². The van der Waals surface area contributed by atoms with Crippen molar-refractivity contribution in [3.63, 3.8) is 0 Å². The molecule has 1 saturated heterocycles. The molecule has 1 aromatic carbocycles. The molecule has 6 rings (SSSR count). The van der Waals surface area contributed by atoms with E-state index in [1.165, 1.54) is 0 Å². The Morgan fingerprint density at radius 1 is 1.26 bits per heavy atom. The Hall–Kier alpha value is -3.95. The van der Waals surface area contributed by atoms with Crippen molar-refractivity contribution in [3.8, 4) is 5.75 Å². The van der Waals surface area contributed by atoms with Gasteiger partial charge in [0, 0.05) is 50.1 Å². The van der Waals surface area contributed by atoms with Crippen LogP contribution in [0.2, 0.25) is 0 Å². The maximum Gasteiger partial charge on any atom is 0.259 e. The second-order valence-corrected chi connectivity index (χ2v) is 9.78. The fourth-order valence-electron chi connectivity index (χ4n) is 5.63. The molecule has 180 valence electrons. The van der Waals surface area contributed by atoms with Crippen LogP contribution >= 0.6 is 0 Å². The fraction of sp³-hybridized carbons (Fsp3) is 0.400. The highest BCUT2D eigenvalue weighted by Gasteiger charge is 2.44. The number of ether oxygens (including phenoxy) is 1. The zero-order valence-electron chi connectivity index (χ0n) is 19.8. The van der Waals surface area contributed by atoms with Crippen molar-refractivity contribution in [3.05, 3.63) is 48.5 Å². The summed E-state index contributed by atoms with van der Waals surface area (Å²) in [6, 6.07) is 5.69. The summed E-state index contributed by atoms with van der Waals surface area (Å²) in [5, 5.41) is 12.8. The maximum absolute atomic E-state index is 13.2. The number of rotatable bonds is 4. The van der Waals surface area contributed by atoms with E-state index < -0.39 is 0 Å². The van der Waals surface area contributed by atoms with E-state index in [-0.39, 0.29) is 23.3 Å². The highest BCUT2D eigenvalue weighted by molar-refractivity contribution is 6.09. The van der Waals surface area contributed by atoms with Crippen LogP contribution in [-0.4, -0.2) is 61.8 Å². The first-order valence-electron chi connectivity index (χ1n) is 11.9. The first kappa shape index (κ1) is 21.6. The van der Waals surface area contributed by atoms with Gasteiger partial charge in [-0.3, -0.25) is 14.3 Å². The van der Waals surface area contributed by atoms with E-state index >= 15 is 0 Å². The molecule has 1 saturated carbocycles. The van der Waals surface area contributed by atoms with Crippen molar-refractivity contribution >= 4 is 34.1 Å². The third kappa shape index (κ3) is 3.69. The molecule has 4 aromatic rings. The number of carbonyl (C=O) groups excluding carboxylic acids is 2. The standard InChI is InChI=1S/C25H27N7O3/c1-30-15-25(12-22(30)33)6-4-17(5-7-25)32-14-16-10-18(21(35-2)11-19(16)29-32)24(34)28-20-13-27-31-9-3-8-26-23(20)31/h3,8-11,13-14,17H,4-7,12,15H2,1-2H3,(H,28,34)/t17-,25-. The average molecular weight is 474 g/mol. The monoisotopic (exact) mass is 473 g/mol. The highest BCUT2D eigenvalue weighted by atomic mass is 16.5. The van der Waals surface area contributed by atoms with E-state index in [2.05, 4.69) is 15.4 Å². The lowest BCUT2D eigenvalue weighted by Crippen LogP contribution is -2.31. The number of likely N-dealkylation sites (tertiary alicyclic amines) is 1. The summed E-state index contributed by atoms with van der Waals surface area (Å²) in [4.78, 5) is 31.4. The Balaban J connectivity index is 1.24. The number of methoxy groups -OCH3 is 1. The second-order valence-electron chi connectivity index (χ2n) is 9.78. The molecule has 1 N–H and O–H groups in total. The largest absolute Gasteiger partial charge is 0.496 e. The number of hydrogen-bond acceptors (Lipinski definition) is 6. The van der Waals surface area contributed by atoms with Gasteiger partial charge in [-0.05, 0) is 43.2 Å². The van der Waals surface area contributed by atoms with Gasteiger partial charge in [0.05, 0.1) is 30.4 Å². The minimum Gasteiger partial charge on any atom is -0.496 e. The van der Waals surface area contributed by atoms with E-state index in [1.807, 2.05) is 35.0 Å². The van der Waals surface area contributed by atoms with Crippen molar-refractivity contribution in [1.82, 2.24) is 29.3 Å². The van der Waals surface area contributed by atoms with Gasteiger partial charge in [0.25, 0.3) is 5.91 Å². The molecule has 1 aliphatic carbocycles. The number of benzene rings is 1. The van der Waals surface area contributed by atoms with Gasteiger partial charge in [0.15, 0.2) is 5.65 Å². The molecular formula is C25H27N7O3. The summed E-state index contributed by atoms with van der Waals surface area (Å²) < 4.78 is 9.16. The van der Waals surface area contributed by atoms with Crippen LogP contribution in [0.25, 0.3) is 16.6 Å². The summed E-state index contributed by atoms with van der Waals surface area (Å²) >= 11 is 0. The van der Waals surface area contributed by atoms with Crippen LogP contribution in [0.15, 0.2) is 43.0 Å². The van der Waals surface area contributed by atoms with Crippen LogP contribution in [0.3, 0.4) is 0 Å². The van der Waals surface area contributed by atoms with Gasteiger partial charge in [-0.1, -0.05) is 0 Å². The predicted molar refractivity (Wildman–Crippen MR) is 129 cm³/mol. The van der Waals surface area contributed by atoms with E-state index in [4.69, 9.17) is 9.84 Å². The quantitative estimate of drug-likeness (QED) is 0.487. The first-order chi connectivity index (χ1) is 16.9. The Morgan fingerprint density at radius 3 is 2.83 bits per heavy atom. The van der Waals surface area contributed by atoms with Crippen molar-refractivity contribution in [2.75, 3.05) is 26.0 Å². The van der Waals surface area contributed by atoms with Crippen LogP contribution < -0.4 is 10.1 Å². The SMILES string of the molecule is COc1cc2nn([C@H]3CC[C@]4(CC3)CC(=O)N(C)C4)cc2cc1C(=O)Nc1cnn2cccnc12. The molecule has 10 heteroatoms. The van der Waals surface area contributed by atoms with Gasteiger partial charge in [-0.2, -0.15) is 10.2 Å². The normalized spacial score (nSPS) is 22.4. The molecule has 3 aromatic heterocycles. The van der Waals surface area contributed by atoms with Crippen LogP contribution in [0, 0.1) is 5.41 Å². The van der Waals surface area contributed by atoms with Gasteiger partial charge >= 0.3 is 0 Å². The lowest BCUT2D eigenvalue weighted by molar-refractivity contribution is -0.126. The smallest absolute Gasteiger partial charge is 0.259 e. The molecule has 35 heavy (non-hydrogen) atoms. The predicted octanol–water partition coefficient (Wildman–Crippen LogP) is 3.30. The van der Waals surface area contributed by atoms with Crippen molar-refractivity contribution < 1.29 is 14.3 Å². The molecule has 2 aliphatic rings. The summed E-state index contributed by atoms with van der Waals surface area (Å²) in [6.07, 6.45) is 11.7. The van der Waals surface area contributed by atoms with Crippen LogP contribution in [0.1, 0.15) is 48.5 Å². The number of aromatic nitrogens is 5. The summed E-state index contributed by atoms with van der Waals surface area (Å²) in [6.45, 7) is 0.859. The van der Waals surface area contributed by atoms with Gasteiger partial charge in [-0.15, -0.1) is 0 Å². The third-order valence-electron chi connectivity index (χ3n) is 7.53. The number of anilines is 1. The number of amides is 2. The Kier molecular flexibility index (Phi) is 4.98. The van der Waals surface area contributed by atoms with Crippen LogP contribution in [-0.2, 0) is 4.79 Å². The molecule has 2 fully saturated rings. The molecule has 0 bridgehead atoms. The zero-order valence-corrected chi connectivity index (χ0v) is 19.8. The highest BCUT2D eigenvalue weighted by Crippen LogP contribution is 2.47.